The molecule has 104 valence electrons. The Bertz CT molecular complexity index is 616. The molecule has 0 amide bonds. The first-order valence-electron chi connectivity index (χ1n) is 6.39. The second-order valence-corrected chi connectivity index (χ2v) is 4.76. The molecule has 0 bridgehead atoms. The molecule has 0 saturated heterocycles. The molecule has 2 N–H and O–H groups in total. The second-order valence-electron chi connectivity index (χ2n) is 4.76. The fourth-order valence-electron chi connectivity index (χ4n) is 2.38. The normalized spacial score (nSPS) is 20.9. The molecule has 0 radical (unpaired) electrons. The van der Waals surface area contributed by atoms with Gasteiger partial charge in [0, 0.05) is 41.9 Å². The molecule has 1 aliphatic rings. The van der Waals surface area contributed by atoms with Crippen LogP contribution in [0.25, 0.3) is 0 Å². The maximum Gasteiger partial charge on any atom is 0.212 e. The van der Waals surface area contributed by atoms with E-state index in [4.69, 9.17) is 15.2 Å². The third kappa shape index (κ3) is 2.32. The Hall–Kier alpha value is -2.14. The summed E-state index contributed by atoms with van der Waals surface area (Å²) in [6.45, 7) is 0. The van der Waals surface area contributed by atoms with Gasteiger partial charge >= 0.3 is 0 Å². The minimum Gasteiger partial charge on any atom is -0.485 e. The second kappa shape index (κ2) is 5.09. The van der Waals surface area contributed by atoms with Crippen molar-refractivity contribution in [3.8, 4) is 11.6 Å². The third-order valence-corrected chi connectivity index (χ3v) is 3.45. The number of fused-ring (bicyclic) bond motifs is 1. The summed E-state index contributed by atoms with van der Waals surface area (Å²) in [7, 11) is 1.56. The van der Waals surface area contributed by atoms with Crippen molar-refractivity contribution in [3.63, 3.8) is 0 Å². The van der Waals surface area contributed by atoms with Gasteiger partial charge in [-0.3, -0.25) is 0 Å². The molecule has 1 unspecified atom stereocenters. The van der Waals surface area contributed by atoms with Crippen LogP contribution in [0.3, 0.4) is 0 Å². The highest BCUT2D eigenvalue weighted by molar-refractivity contribution is 5.39. The highest BCUT2D eigenvalue weighted by atomic mass is 19.1. The van der Waals surface area contributed by atoms with Crippen LogP contribution in [-0.2, 0) is 0 Å². The van der Waals surface area contributed by atoms with Crippen molar-refractivity contribution in [2.24, 2.45) is 5.73 Å². The molecule has 3 rings (SSSR count). The van der Waals surface area contributed by atoms with E-state index in [1.54, 1.807) is 25.4 Å². The number of hydrogen-bond donors (Lipinski definition) is 1. The van der Waals surface area contributed by atoms with Crippen molar-refractivity contribution < 1.29 is 13.9 Å². The lowest BCUT2D eigenvalue weighted by Gasteiger charge is -2.30. The zero-order valence-electron chi connectivity index (χ0n) is 11.0. The highest BCUT2D eigenvalue weighted by Crippen LogP contribution is 2.39. The van der Waals surface area contributed by atoms with E-state index in [0.29, 0.717) is 18.1 Å². The fraction of sp³-hybridized carbons (Fsp3) is 0.267. The largest absolute Gasteiger partial charge is 0.485 e. The number of rotatable bonds is 2. The Morgan fingerprint density at radius 2 is 2.20 bits per heavy atom. The van der Waals surface area contributed by atoms with Crippen LogP contribution in [0.4, 0.5) is 4.39 Å². The number of aromatic nitrogens is 1. The van der Waals surface area contributed by atoms with Crippen molar-refractivity contribution in [3.05, 3.63) is 53.5 Å². The van der Waals surface area contributed by atoms with E-state index in [-0.39, 0.29) is 18.0 Å². The van der Waals surface area contributed by atoms with Crippen LogP contribution in [0.2, 0.25) is 0 Å². The Morgan fingerprint density at radius 3 is 2.90 bits per heavy atom. The molecule has 1 aromatic carbocycles. The van der Waals surface area contributed by atoms with Crippen LogP contribution >= 0.6 is 0 Å². The van der Waals surface area contributed by atoms with Gasteiger partial charge in [-0.25, -0.2) is 9.37 Å². The molecule has 0 fully saturated rings. The van der Waals surface area contributed by atoms with Gasteiger partial charge in [-0.1, -0.05) is 6.07 Å². The van der Waals surface area contributed by atoms with Gasteiger partial charge in [-0.15, -0.1) is 0 Å². The molecule has 0 aliphatic carbocycles. The lowest BCUT2D eigenvalue weighted by molar-refractivity contribution is 0.160. The van der Waals surface area contributed by atoms with Gasteiger partial charge in [0.25, 0.3) is 0 Å². The Balaban J connectivity index is 1.89. The number of halogens is 1. The van der Waals surface area contributed by atoms with E-state index < -0.39 is 0 Å². The number of benzene rings is 1. The summed E-state index contributed by atoms with van der Waals surface area (Å²) >= 11 is 0. The summed E-state index contributed by atoms with van der Waals surface area (Å²) < 4.78 is 24.2. The molecule has 2 aromatic rings. The van der Waals surface area contributed by atoms with Crippen molar-refractivity contribution >= 4 is 0 Å². The van der Waals surface area contributed by atoms with Crippen LogP contribution in [0.1, 0.15) is 29.7 Å². The van der Waals surface area contributed by atoms with E-state index in [1.165, 1.54) is 12.1 Å². The maximum absolute atomic E-state index is 13.3. The lowest BCUT2D eigenvalue weighted by Crippen LogP contribution is -2.24. The zero-order valence-corrected chi connectivity index (χ0v) is 11.0. The quantitative estimate of drug-likeness (QED) is 0.914. The minimum atomic E-state index is -0.329. The predicted octanol–water partition coefficient (Wildman–Crippen LogP) is 2.75. The van der Waals surface area contributed by atoms with Gasteiger partial charge < -0.3 is 15.2 Å². The van der Waals surface area contributed by atoms with Gasteiger partial charge in [0.05, 0.1) is 7.11 Å². The zero-order chi connectivity index (χ0) is 14.1. The lowest BCUT2D eigenvalue weighted by atomic mass is 9.94. The number of nitrogens with zero attached hydrogens (tertiary/aromatic N) is 1. The first kappa shape index (κ1) is 12.9. The van der Waals surface area contributed by atoms with Crippen LogP contribution in [-0.4, -0.2) is 12.1 Å². The number of pyridine rings is 1. The smallest absolute Gasteiger partial charge is 0.212 e. The average Bonchev–Trinajstić information content (AvgIpc) is 2.46. The van der Waals surface area contributed by atoms with Gasteiger partial charge in [-0.2, -0.15) is 0 Å². The summed E-state index contributed by atoms with van der Waals surface area (Å²) in [5.41, 5.74) is 7.87. The molecular formula is C15H15FN2O2. The van der Waals surface area contributed by atoms with Crippen LogP contribution in [0.15, 0.2) is 36.5 Å². The number of methoxy groups -OCH3 is 1. The van der Waals surface area contributed by atoms with Crippen molar-refractivity contribution in [1.82, 2.24) is 4.98 Å². The standard InChI is InChI=1S/C15H15FN2O2/c1-19-15-5-2-9(8-18-15)13-7-12(17)11-4-3-10(16)6-14(11)20-13/h2-6,8,12-13H,7,17H2,1H3/t12-,13?/m1/s1. The van der Waals surface area contributed by atoms with Gasteiger partial charge in [0.2, 0.25) is 5.88 Å². The van der Waals surface area contributed by atoms with Gasteiger partial charge in [-0.05, 0) is 12.1 Å². The maximum atomic E-state index is 13.3. The van der Waals surface area contributed by atoms with Crippen LogP contribution in [0, 0.1) is 5.82 Å². The molecule has 5 heteroatoms. The van der Waals surface area contributed by atoms with Crippen molar-refractivity contribution in [1.29, 1.82) is 0 Å². The van der Waals surface area contributed by atoms with Gasteiger partial charge in [0.1, 0.15) is 17.7 Å². The molecule has 4 nitrogen and oxygen atoms in total. The fourth-order valence-corrected chi connectivity index (χ4v) is 2.38. The molecule has 0 spiro atoms. The molecule has 20 heavy (non-hydrogen) atoms. The summed E-state index contributed by atoms with van der Waals surface area (Å²) in [6.07, 6.45) is 2.10. The predicted molar refractivity (Wildman–Crippen MR) is 72.1 cm³/mol. The Kier molecular flexibility index (Phi) is 3.28. The molecule has 1 aliphatic heterocycles. The summed E-state index contributed by atoms with van der Waals surface area (Å²) in [5, 5.41) is 0. The summed E-state index contributed by atoms with van der Waals surface area (Å²) in [6, 6.07) is 7.93. The van der Waals surface area contributed by atoms with Crippen molar-refractivity contribution in [2.75, 3.05) is 7.11 Å². The van der Waals surface area contributed by atoms with Crippen LogP contribution < -0.4 is 15.2 Å². The Labute approximate surface area is 116 Å². The Morgan fingerprint density at radius 1 is 1.35 bits per heavy atom. The van der Waals surface area contributed by atoms with E-state index in [0.717, 1.165) is 11.1 Å². The van der Waals surface area contributed by atoms with E-state index >= 15 is 0 Å². The molecular weight excluding hydrogens is 259 g/mol. The minimum absolute atomic E-state index is 0.175. The monoisotopic (exact) mass is 274 g/mol. The van der Waals surface area contributed by atoms with E-state index in [1.807, 2.05) is 6.07 Å². The molecule has 2 atom stereocenters. The summed E-state index contributed by atoms with van der Waals surface area (Å²) in [5.74, 6) is 0.717. The highest BCUT2D eigenvalue weighted by Gasteiger charge is 2.27. The first-order chi connectivity index (χ1) is 9.67. The van der Waals surface area contributed by atoms with Crippen LogP contribution in [0.5, 0.6) is 11.6 Å². The average molecular weight is 274 g/mol. The molecule has 1 aromatic heterocycles. The van der Waals surface area contributed by atoms with Gasteiger partial charge in [0.15, 0.2) is 0 Å². The summed E-state index contributed by atoms with van der Waals surface area (Å²) in [4.78, 5) is 4.15. The van der Waals surface area contributed by atoms with Crippen molar-refractivity contribution in [2.45, 2.75) is 18.6 Å². The number of nitrogens with two attached hydrogens (primary N) is 1. The third-order valence-electron chi connectivity index (χ3n) is 3.45. The first-order valence-corrected chi connectivity index (χ1v) is 6.39. The molecule has 0 saturated carbocycles. The topological polar surface area (TPSA) is 57.4 Å². The molecule has 2 heterocycles. The van der Waals surface area contributed by atoms with E-state index in [2.05, 4.69) is 4.98 Å². The van der Waals surface area contributed by atoms with E-state index in [9.17, 15) is 4.39 Å². The number of hydrogen-bond acceptors (Lipinski definition) is 4. The SMILES string of the molecule is COc1ccc(C2C[C@@H](N)c3ccc(F)cc3O2)cn1. The number of ether oxygens (including phenoxy) is 2.